The number of fused-ring (bicyclic) bond motifs is 1. The molecule has 2 aromatic heterocycles. The number of aromatic nitrogens is 4. The molecule has 0 spiro atoms. The number of methoxy groups -OCH3 is 3. The summed E-state index contributed by atoms with van der Waals surface area (Å²) in [5.41, 5.74) is 4.08. The van der Waals surface area contributed by atoms with Gasteiger partial charge in [0, 0.05) is 5.56 Å². The van der Waals surface area contributed by atoms with E-state index in [4.69, 9.17) is 25.8 Å². The first kappa shape index (κ1) is 21.3. The van der Waals surface area contributed by atoms with E-state index in [-0.39, 0.29) is 16.4 Å². The lowest BCUT2D eigenvalue weighted by molar-refractivity contribution is 0.324. The van der Waals surface area contributed by atoms with Crippen molar-refractivity contribution in [1.82, 2.24) is 19.8 Å². The maximum Gasteiger partial charge on any atom is 0.203 e. The Hall–Kier alpha value is -3.92. The van der Waals surface area contributed by atoms with E-state index < -0.39 is 5.82 Å². The molecule has 164 valence electrons. The van der Waals surface area contributed by atoms with Crippen molar-refractivity contribution in [2.45, 2.75) is 0 Å². The highest BCUT2D eigenvalue weighted by molar-refractivity contribution is 6.33. The molecule has 0 aliphatic carbocycles. The highest BCUT2D eigenvalue weighted by Gasteiger charge is 2.17. The van der Waals surface area contributed by atoms with Crippen LogP contribution in [-0.2, 0) is 0 Å². The van der Waals surface area contributed by atoms with Crippen LogP contribution in [0.5, 0.6) is 17.2 Å². The van der Waals surface area contributed by atoms with Crippen molar-refractivity contribution >= 4 is 29.3 Å². The third-order valence-corrected chi connectivity index (χ3v) is 4.84. The van der Waals surface area contributed by atoms with E-state index in [2.05, 4.69) is 25.8 Å². The molecule has 11 heteroatoms. The standard InChI is InChI=1S/C21H18ClFN6O3/c1-30-15-9-12(10-16(31-2)20(15)32-3)11-24-25-17-7-8-18-26-27-21(29(18)28-17)19-13(22)5-4-6-14(19)23/h4-11H,1-3H3,(H,25,28)/b24-11-. The van der Waals surface area contributed by atoms with E-state index in [1.165, 1.54) is 38.0 Å². The first-order valence-electron chi connectivity index (χ1n) is 9.31. The number of rotatable bonds is 7. The Balaban J connectivity index is 1.63. The first-order chi connectivity index (χ1) is 15.5. The van der Waals surface area contributed by atoms with Crippen LogP contribution in [0, 0.1) is 5.82 Å². The van der Waals surface area contributed by atoms with Crippen molar-refractivity contribution in [3.05, 3.63) is 58.9 Å². The lowest BCUT2D eigenvalue weighted by Crippen LogP contribution is -2.02. The molecule has 0 aliphatic heterocycles. The molecule has 0 saturated heterocycles. The van der Waals surface area contributed by atoms with Gasteiger partial charge in [0.15, 0.2) is 28.8 Å². The van der Waals surface area contributed by atoms with Crippen LogP contribution in [0.15, 0.2) is 47.6 Å². The molecule has 2 aromatic carbocycles. The molecular formula is C21H18ClFN6O3. The predicted molar refractivity (Wildman–Crippen MR) is 119 cm³/mol. The van der Waals surface area contributed by atoms with Gasteiger partial charge in [0.25, 0.3) is 0 Å². The number of ether oxygens (including phenoxy) is 3. The molecule has 0 radical (unpaired) electrons. The van der Waals surface area contributed by atoms with Gasteiger partial charge in [-0.05, 0) is 36.4 Å². The van der Waals surface area contributed by atoms with Gasteiger partial charge in [-0.2, -0.15) is 9.62 Å². The summed E-state index contributed by atoms with van der Waals surface area (Å²) in [7, 11) is 4.60. The fourth-order valence-electron chi connectivity index (χ4n) is 3.06. The minimum Gasteiger partial charge on any atom is -0.493 e. The molecule has 0 bridgehead atoms. The quantitative estimate of drug-likeness (QED) is 0.331. The van der Waals surface area contributed by atoms with Gasteiger partial charge >= 0.3 is 0 Å². The van der Waals surface area contributed by atoms with Gasteiger partial charge in [-0.25, -0.2) is 4.39 Å². The third-order valence-electron chi connectivity index (χ3n) is 4.53. The zero-order valence-electron chi connectivity index (χ0n) is 17.3. The molecule has 0 unspecified atom stereocenters. The summed E-state index contributed by atoms with van der Waals surface area (Å²) in [6.07, 6.45) is 1.57. The highest BCUT2D eigenvalue weighted by atomic mass is 35.5. The fourth-order valence-corrected chi connectivity index (χ4v) is 3.31. The van der Waals surface area contributed by atoms with E-state index in [1.54, 1.807) is 36.5 Å². The van der Waals surface area contributed by atoms with Crippen molar-refractivity contribution in [1.29, 1.82) is 0 Å². The number of anilines is 1. The molecule has 0 aliphatic rings. The molecule has 0 atom stereocenters. The zero-order chi connectivity index (χ0) is 22.7. The predicted octanol–water partition coefficient (Wildman–Crippen LogP) is 4.06. The summed E-state index contributed by atoms with van der Waals surface area (Å²) in [5.74, 6) is 1.54. The Morgan fingerprint density at radius 3 is 2.44 bits per heavy atom. The van der Waals surface area contributed by atoms with Gasteiger partial charge in [-0.3, -0.25) is 5.43 Å². The second kappa shape index (κ2) is 9.06. The third kappa shape index (κ3) is 4.00. The van der Waals surface area contributed by atoms with Crippen LogP contribution in [0.4, 0.5) is 10.2 Å². The van der Waals surface area contributed by atoms with Crippen LogP contribution in [0.25, 0.3) is 17.0 Å². The summed E-state index contributed by atoms with van der Waals surface area (Å²) in [5, 5.41) is 16.9. The minimum absolute atomic E-state index is 0.118. The van der Waals surface area contributed by atoms with Crippen molar-refractivity contribution in [2.75, 3.05) is 26.8 Å². The molecule has 0 amide bonds. The van der Waals surface area contributed by atoms with Gasteiger partial charge in [-0.1, -0.05) is 17.7 Å². The van der Waals surface area contributed by atoms with E-state index in [9.17, 15) is 4.39 Å². The van der Waals surface area contributed by atoms with Crippen LogP contribution < -0.4 is 19.6 Å². The van der Waals surface area contributed by atoms with Crippen molar-refractivity contribution in [3.63, 3.8) is 0 Å². The number of nitrogens with one attached hydrogen (secondary N) is 1. The zero-order valence-corrected chi connectivity index (χ0v) is 18.1. The monoisotopic (exact) mass is 456 g/mol. The normalized spacial score (nSPS) is 11.2. The van der Waals surface area contributed by atoms with E-state index in [0.29, 0.717) is 34.3 Å². The summed E-state index contributed by atoms with van der Waals surface area (Å²) in [6.45, 7) is 0. The smallest absolute Gasteiger partial charge is 0.203 e. The number of hydrazone groups is 1. The molecule has 32 heavy (non-hydrogen) atoms. The van der Waals surface area contributed by atoms with Crippen LogP contribution in [0.3, 0.4) is 0 Å². The number of hydrogen-bond donors (Lipinski definition) is 1. The summed E-state index contributed by atoms with van der Waals surface area (Å²) in [6, 6.07) is 11.2. The van der Waals surface area contributed by atoms with Gasteiger partial charge in [0.1, 0.15) is 5.82 Å². The largest absolute Gasteiger partial charge is 0.493 e. The van der Waals surface area contributed by atoms with Crippen molar-refractivity contribution in [3.8, 4) is 28.6 Å². The second-order valence-corrected chi connectivity index (χ2v) is 6.84. The Kier molecular flexibility index (Phi) is 6.04. The Bertz CT molecular complexity index is 1260. The number of hydrogen-bond acceptors (Lipinski definition) is 8. The van der Waals surface area contributed by atoms with Crippen LogP contribution in [-0.4, -0.2) is 47.4 Å². The molecule has 0 fully saturated rings. The van der Waals surface area contributed by atoms with Gasteiger partial charge in [0.2, 0.25) is 5.75 Å². The van der Waals surface area contributed by atoms with E-state index in [0.717, 1.165) is 0 Å². The molecular weight excluding hydrogens is 439 g/mol. The average molecular weight is 457 g/mol. The minimum atomic E-state index is -0.521. The molecule has 4 aromatic rings. The summed E-state index contributed by atoms with van der Waals surface area (Å²) in [4.78, 5) is 0. The van der Waals surface area contributed by atoms with Crippen LogP contribution in [0.2, 0.25) is 5.02 Å². The maximum atomic E-state index is 14.3. The van der Waals surface area contributed by atoms with Gasteiger partial charge in [-0.15, -0.1) is 15.3 Å². The highest BCUT2D eigenvalue weighted by Crippen LogP contribution is 2.37. The lowest BCUT2D eigenvalue weighted by Gasteiger charge is -2.12. The Morgan fingerprint density at radius 1 is 1.03 bits per heavy atom. The van der Waals surface area contributed by atoms with E-state index >= 15 is 0 Å². The molecule has 9 nitrogen and oxygen atoms in total. The maximum absolute atomic E-state index is 14.3. The molecule has 0 saturated carbocycles. The fraction of sp³-hybridized carbons (Fsp3) is 0.143. The SMILES string of the molecule is COc1cc(/C=N\Nc2ccc3nnc(-c4c(F)cccc4Cl)n3n2)cc(OC)c1OC. The Morgan fingerprint density at radius 2 is 1.78 bits per heavy atom. The molecule has 1 N–H and O–H groups in total. The summed E-state index contributed by atoms with van der Waals surface area (Å²) < 4.78 is 31.7. The second-order valence-electron chi connectivity index (χ2n) is 6.44. The van der Waals surface area contributed by atoms with Gasteiger partial charge < -0.3 is 14.2 Å². The van der Waals surface area contributed by atoms with Crippen molar-refractivity contribution < 1.29 is 18.6 Å². The number of benzene rings is 2. The average Bonchev–Trinajstić information content (AvgIpc) is 3.21. The topological polar surface area (TPSA) is 95.2 Å². The van der Waals surface area contributed by atoms with Crippen molar-refractivity contribution in [2.24, 2.45) is 5.10 Å². The van der Waals surface area contributed by atoms with Crippen LogP contribution in [0.1, 0.15) is 5.56 Å². The lowest BCUT2D eigenvalue weighted by atomic mass is 10.2. The Labute approximate surface area is 187 Å². The van der Waals surface area contributed by atoms with E-state index in [1.807, 2.05) is 0 Å². The molecule has 2 heterocycles. The molecule has 4 rings (SSSR count). The van der Waals surface area contributed by atoms with Crippen LogP contribution >= 0.6 is 11.6 Å². The number of nitrogens with zero attached hydrogens (tertiary/aromatic N) is 5. The van der Waals surface area contributed by atoms with Gasteiger partial charge in [0.05, 0.1) is 38.1 Å². The summed E-state index contributed by atoms with van der Waals surface area (Å²) >= 11 is 6.17. The first-order valence-corrected chi connectivity index (χ1v) is 9.69. The number of halogens is 2.